The number of hydrogen-bond donors (Lipinski definition) is 1. The molecule has 0 saturated heterocycles. The van der Waals surface area contributed by atoms with E-state index in [2.05, 4.69) is 15.1 Å². The Morgan fingerprint density at radius 3 is 3.12 bits per heavy atom. The fraction of sp³-hybridized carbons (Fsp3) is 0. The molecule has 3 rings (SSSR count). The summed E-state index contributed by atoms with van der Waals surface area (Å²) in [6.07, 6.45) is 1.31. The van der Waals surface area contributed by atoms with Crippen molar-refractivity contribution in [2.45, 2.75) is 0 Å². The van der Waals surface area contributed by atoms with Crippen LogP contribution in [-0.2, 0) is 0 Å². The molecule has 0 fully saturated rings. The summed E-state index contributed by atoms with van der Waals surface area (Å²) in [5.41, 5.74) is 0.967. The van der Waals surface area contributed by atoms with Crippen LogP contribution in [0, 0.1) is 11.3 Å². The molecule has 0 atom stereocenters. The SMILES string of the molecule is N#Cc1cccc2c1[nH]c(=O)n1ncnc21. The Labute approximate surface area is 88.8 Å². The van der Waals surface area contributed by atoms with Crippen LogP contribution in [0.5, 0.6) is 0 Å². The van der Waals surface area contributed by atoms with E-state index in [1.165, 1.54) is 10.8 Å². The van der Waals surface area contributed by atoms with Gasteiger partial charge in [-0.15, -0.1) is 0 Å². The first-order valence-electron chi connectivity index (χ1n) is 4.56. The Balaban J connectivity index is 2.69. The van der Waals surface area contributed by atoms with Gasteiger partial charge < -0.3 is 4.98 Å². The minimum absolute atomic E-state index is 0.400. The highest BCUT2D eigenvalue weighted by Gasteiger charge is 2.08. The quantitative estimate of drug-likeness (QED) is 0.584. The fourth-order valence-electron chi connectivity index (χ4n) is 1.70. The van der Waals surface area contributed by atoms with Crippen molar-refractivity contribution >= 4 is 16.6 Å². The number of nitrogens with one attached hydrogen (secondary N) is 1. The van der Waals surface area contributed by atoms with Crippen molar-refractivity contribution in [3.8, 4) is 6.07 Å². The van der Waals surface area contributed by atoms with E-state index in [9.17, 15) is 4.79 Å². The predicted octanol–water partition coefficient (Wildman–Crippen LogP) is 0.442. The number of para-hydroxylation sites is 1. The third kappa shape index (κ3) is 0.966. The van der Waals surface area contributed by atoms with Crippen molar-refractivity contribution in [3.05, 3.63) is 40.6 Å². The number of nitrogens with zero attached hydrogens (tertiary/aromatic N) is 4. The Morgan fingerprint density at radius 2 is 2.31 bits per heavy atom. The van der Waals surface area contributed by atoms with Crippen molar-refractivity contribution in [2.24, 2.45) is 0 Å². The molecular weight excluding hydrogens is 206 g/mol. The molecule has 6 heteroatoms. The van der Waals surface area contributed by atoms with Crippen molar-refractivity contribution in [1.29, 1.82) is 5.26 Å². The van der Waals surface area contributed by atoms with Crippen LogP contribution in [-0.4, -0.2) is 19.6 Å². The van der Waals surface area contributed by atoms with Crippen LogP contribution in [0.4, 0.5) is 0 Å². The van der Waals surface area contributed by atoms with Gasteiger partial charge in [-0.05, 0) is 12.1 Å². The Bertz CT molecular complexity index is 792. The number of nitriles is 1. The first-order chi connectivity index (χ1) is 7.81. The maximum atomic E-state index is 11.6. The van der Waals surface area contributed by atoms with Gasteiger partial charge in [0.25, 0.3) is 0 Å². The van der Waals surface area contributed by atoms with E-state index in [1.54, 1.807) is 18.2 Å². The molecule has 0 unspecified atom stereocenters. The highest BCUT2D eigenvalue weighted by Crippen LogP contribution is 2.17. The maximum absolute atomic E-state index is 11.6. The van der Waals surface area contributed by atoms with E-state index < -0.39 is 5.69 Å². The summed E-state index contributed by atoms with van der Waals surface area (Å²) in [7, 11) is 0. The summed E-state index contributed by atoms with van der Waals surface area (Å²) in [6, 6.07) is 7.20. The average molecular weight is 211 g/mol. The van der Waals surface area contributed by atoms with Crippen LogP contribution in [0.15, 0.2) is 29.3 Å². The number of rotatable bonds is 0. The van der Waals surface area contributed by atoms with Crippen LogP contribution >= 0.6 is 0 Å². The third-order valence-electron chi connectivity index (χ3n) is 2.40. The second-order valence-electron chi connectivity index (χ2n) is 3.27. The summed E-state index contributed by atoms with van der Waals surface area (Å²) < 4.78 is 1.17. The summed E-state index contributed by atoms with van der Waals surface area (Å²) >= 11 is 0. The van der Waals surface area contributed by atoms with E-state index in [4.69, 9.17) is 5.26 Å². The lowest BCUT2D eigenvalue weighted by molar-refractivity contribution is 0.881. The Kier molecular flexibility index (Phi) is 1.56. The molecule has 0 aliphatic carbocycles. The van der Waals surface area contributed by atoms with Crippen molar-refractivity contribution in [1.82, 2.24) is 19.6 Å². The lowest BCUT2D eigenvalue weighted by Gasteiger charge is -2.00. The monoisotopic (exact) mass is 211 g/mol. The van der Waals surface area contributed by atoms with E-state index >= 15 is 0 Å². The van der Waals surface area contributed by atoms with Gasteiger partial charge in [0.1, 0.15) is 12.4 Å². The molecule has 16 heavy (non-hydrogen) atoms. The Morgan fingerprint density at radius 1 is 1.44 bits per heavy atom. The summed E-state index contributed by atoms with van der Waals surface area (Å²) in [4.78, 5) is 18.2. The van der Waals surface area contributed by atoms with Gasteiger partial charge in [-0.25, -0.2) is 9.78 Å². The molecule has 0 saturated carbocycles. The van der Waals surface area contributed by atoms with Gasteiger partial charge in [-0.1, -0.05) is 6.07 Å². The third-order valence-corrected chi connectivity index (χ3v) is 2.40. The van der Waals surface area contributed by atoms with Crippen LogP contribution in [0.25, 0.3) is 16.6 Å². The van der Waals surface area contributed by atoms with E-state index in [0.29, 0.717) is 22.1 Å². The standard InChI is InChI=1S/C10H5N5O/c11-4-6-2-1-3-7-8(6)14-10(16)15-9(7)12-5-13-15/h1-3,5H,(H,14,16). The van der Waals surface area contributed by atoms with E-state index in [0.717, 1.165) is 0 Å². The zero-order chi connectivity index (χ0) is 11.1. The summed E-state index contributed by atoms with van der Waals surface area (Å²) in [5, 5.41) is 13.4. The highest BCUT2D eigenvalue weighted by molar-refractivity contribution is 5.93. The number of aromatic amines is 1. The molecule has 2 heterocycles. The number of hydrogen-bond acceptors (Lipinski definition) is 4. The largest absolute Gasteiger partial charge is 0.348 e. The number of H-pyrrole nitrogens is 1. The van der Waals surface area contributed by atoms with Crippen LogP contribution in [0.3, 0.4) is 0 Å². The normalized spacial score (nSPS) is 10.7. The molecule has 1 N–H and O–H groups in total. The number of benzene rings is 1. The van der Waals surface area contributed by atoms with Crippen LogP contribution in [0.1, 0.15) is 5.56 Å². The van der Waals surface area contributed by atoms with Gasteiger partial charge in [0.15, 0.2) is 5.65 Å². The average Bonchev–Trinajstić information content (AvgIpc) is 2.78. The minimum Gasteiger partial charge on any atom is -0.304 e. The van der Waals surface area contributed by atoms with Crippen molar-refractivity contribution in [3.63, 3.8) is 0 Å². The summed E-state index contributed by atoms with van der Waals surface area (Å²) in [5.74, 6) is 0. The van der Waals surface area contributed by atoms with Gasteiger partial charge in [-0.2, -0.15) is 14.9 Å². The van der Waals surface area contributed by atoms with Crippen LogP contribution < -0.4 is 5.69 Å². The molecule has 3 aromatic rings. The topological polar surface area (TPSA) is 86.8 Å². The Hall–Kier alpha value is -2.68. The van der Waals surface area contributed by atoms with Gasteiger partial charge in [0.05, 0.1) is 11.1 Å². The van der Waals surface area contributed by atoms with Gasteiger partial charge >= 0.3 is 5.69 Å². The molecule has 0 amide bonds. The number of aromatic nitrogens is 4. The molecule has 0 aliphatic heterocycles. The lowest BCUT2D eigenvalue weighted by atomic mass is 10.1. The first kappa shape index (κ1) is 8.61. The van der Waals surface area contributed by atoms with Crippen molar-refractivity contribution < 1.29 is 0 Å². The summed E-state index contributed by atoms with van der Waals surface area (Å²) in [6.45, 7) is 0. The molecule has 0 aliphatic rings. The molecule has 0 spiro atoms. The molecule has 2 aromatic heterocycles. The number of fused-ring (bicyclic) bond motifs is 3. The van der Waals surface area contributed by atoms with Crippen LogP contribution in [0.2, 0.25) is 0 Å². The van der Waals surface area contributed by atoms with E-state index in [-0.39, 0.29) is 0 Å². The zero-order valence-corrected chi connectivity index (χ0v) is 8.01. The highest BCUT2D eigenvalue weighted by atomic mass is 16.1. The van der Waals surface area contributed by atoms with Gasteiger partial charge in [-0.3, -0.25) is 0 Å². The first-order valence-corrected chi connectivity index (χ1v) is 4.56. The maximum Gasteiger partial charge on any atom is 0.348 e. The molecule has 76 valence electrons. The van der Waals surface area contributed by atoms with E-state index in [1.807, 2.05) is 6.07 Å². The predicted molar refractivity (Wildman–Crippen MR) is 55.8 cm³/mol. The van der Waals surface area contributed by atoms with Crippen molar-refractivity contribution in [2.75, 3.05) is 0 Å². The molecule has 1 aromatic carbocycles. The molecule has 0 bridgehead atoms. The minimum atomic E-state index is -0.400. The second-order valence-corrected chi connectivity index (χ2v) is 3.27. The lowest BCUT2D eigenvalue weighted by Crippen LogP contribution is -2.17. The van der Waals surface area contributed by atoms with Gasteiger partial charge in [0.2, 0.25) is 0 Å². The molecule has 0 radical (unpaired) electrons. The second kappa shape index (κ2) is 2.90. The zero-order valence-electron chi connectivity index (χ0n) is 8.01. The molecule has 6 nitrogen and oxygen atoms in total. The fourth-order valence-corrected chi connectivity index (χ4v) is 1.70. The smallest absolute Gasteiger partial charge is 0.304 e. The van der Waals surface area contributed by atoms with Gasteiger partial charge in [0, 0.05) is 5.39 Å². The molecular formula is C10H5N5O.